The second-order valence-corrected chi connectivity index (χ2v) is 6.94. The molecule has 0 bridgehead atoms. The molecule has 8 nitrogen and oxygen atoms in total. The highest BCUT2D eigenvalue weighted by Gasteiger charge is 2.22. The van der Waals surface area contributed by atoms with Crippen molar-refractivity contribution in [2.45, 2.75) is 6.54 Å². The summed E-state index contributed by atoms with van der Waals surface area (Å²) in [4.78, 5) is 23.4. The summed E-state index contributed by atoms with van der Waals surface area (Å²) in [6, 6.07) is 7.99. The Kier molecular flexibility index (Phi) is 5.64. The summed E-state index contributed by atoms with van der Waals surface area (Å²) in [6.45, 7) is 8.43. The van der Waals surface area contributed by atoms with E-state index in [1.165, 1.54) is 0 Å². The van der Waals surface area contributed by atoms with E-state index in [0.29, 0.717) is 0 Å². The number of carbonyl (C=O) groups excluding carboxylic acids is 1. The average molecular weight is 370 g/mol. The molecule has 2 saturated heterocycles. The van der Waals surface area contributed by atoms with Crippen molar-refractivity contribution in [2.24, 2.45) is 0 Å². The van der Waals surface area contributed by atoms with Crippen LogP contribution in [0.15, 0.2) is 36.9 Å². The summed E-state index contributed by atoms with van der Waals surface area (Å²) >= 11 is 0. The van der Waals surface area contributed by atoms with Crippen molar-refractivity contribution in [3.8, 4) is 0 Å². The Morgan fingerprint density at radius 3 is 2.37 bits per heavy atom. The number of nitrogens with zero attached hydrogens (tertiary/aromatic N) is 6. The molecule has 2 aliphatic rings. The Hall–Kier alpha value is -2.45. The van der Waals surface area contributed by atoms with Gasteiger partial charge < -0.3 is 14.5 Å². The monoisotopic (exact) mass is 370 g/mol. The predicted molar refractivity (Wildman–Crippen MR) is 102 cm³/mol. The molecular formula is C19H26N6O2. The van der Waals surface area contributed by atoms with Crippen LogP contribution in [0.4, 0.5) is 5.69 Å². The number of rotatable bonds is 5. The molecule has 1 aromatic heterocycles. The van der Waals surface area contributed by atoms with Gasteiger partial charge in [0.05, 0.1) is 19.8 Å². The number of carbonyl (C=O) groups is 1. The second kappa shape index (κ2) is 8.49. The number of ether oxygens (including phenoxy) is 1. The number of benzene rings is 1. The predicted octanol–water partition coefficient (Wildman–Crippen LogP) is 0.573. The lowest BCUT2D eigenvalue weighted by atomic mass is 10.1. The van der Waals surface area contributed by atoms with Crippen molar-refractivity contribution in [1.29, 1.82) is 0 Å². The lowest BCUT2D eigenvalue weighted by Crippen LogP contribution is -2.49. The highest BCUT2D eigenvalue weighted by Crippen LogP contribution is 2.18. The quantitative estimate of drug-likeness (QED) is 0.767. The van der Waals surface area contributed by atoms with Crippen LogP contribution in [0.1, 0.15) is 10.4 Å². The SMILES string of the molecule is O=C(c1ccc(N2CCOCC2)cc1)N1CCN(CCn2cncn2)CC1. The Bertz CT molecular complexity index is 719. The molecule has 4 rings (SSSR count). The Balaban J connectivity index is 1.27. The van der Waals surface area contributed by atoms with Gasteiger partial charge in [-0.3, -0.25) is 14.4 Å². The minimum absolute atomic E-state index is 0.124. The lowest BCUT2D eigenvalue weighted by Gasteiger charge is -2.34. The van der Waals surface area contributed by atoms with Gasteiger partial charge in [-0.1, -0.05) is 0 Å². The smallest absolute Gasteiger partial charge is 0.253 e. The molecule has 27 heavy (non-hydrogen) atoms. The van der Waals surface area contributed by atoms with Crippen molar-refractivity contribution in [2.75, 3.05) is 63.9 Å². The molecule has 1 aromatic carbocycles. The van der Waals surface area contributed by atoms with Gasteiger partial charge in [0.2, 0.25) is 0 Å². The van der Waals surface area contributed by atoms with Crippen LogP contribution in [0.3, 0.4) is 0 Å². The topological polar surface area (TPSA) is 66.7 Å². The summed E-state index contributed by atoms with van der Waals surface area (Å²) in [5.74, 6) is 0.124. The molecule has 3 heterocycles. The molecule has 0 radical (unpaired) electrons. The number of morpholine rings is 1. The van der Waals surface area contributed by atoms with E-state index < -0.39 is 0 Å². The summed E-state index contributed by atoms with van der Waals surface area (Å²) in [6.07, 6.45) is 3.29. The maximum absolute atomic E-state index is 12.8. The molecule has 0 spiro atoms. The van der Waals surface area contributed by atoms with Crippen LogP contribution in [0, 0.1) is 0 Å². The van der Waals surface area contributed by atoms with Gasteiger partial charge in [-0.25, -0.2) is 4.98 Å². The first-order chi connectivity index (χ1) is 13.3. The summed E-state index contributed by atoms with van der Waals surface area (Å²) in [7, 11) is 0. The normalized spacial score (nSPS) is 18.7. The standard InChI is InChI=1S/C19H26N6O2/c26-19(17-1-3-18(4-2-17)23-11-13-27-14-12-23)24-8-5-22(6-9-24)7-10-25-16-20-15-21-25/h1-4,15-16H,5-14H2. The van der Waals surface area contributed by atoms with Crippen LogP contribution in [-0.2, 0) is 11.3 Å². The number of hydrogen-bond acceptors (Lipinski definition) is 6. The fraction of sp³-hybridized carbons (Fsp3) is 0.526. The molecule has 8 heteroatoms. The number of amides is 1. The number of anilines is 1. The number of aromatic nitrogens is 3. The molecule has 1 amide bonds. The summed E-state index contributed by atoms with van der Waals surface area (Å²) < 4.78 is 7.24. The van der Waals surface area contributed by atoms with Crippen LogP contribution < -0.4 is 4.90 Å². The van der Waals surface area contributed by atoms with E-state index in [4.69, 9.17) is 4.74 Å². The third-order valence-corrected chi connectivity index (χ3v) is 5.26. The van der Waals surface area contributed by atoms with Crippen molar-refractivity contribution in [3.05, 3.63) is 42.5 Å². The van der Waals surface area contributed by atoms with Gasteiger partial charge in [-0.2, -0.15) is 5.10 Å². The van der Waals surface area contributed by atoms with Crippen LogP contribution in [0.2, 0.25) is 0 Å². The molecule has 0 atom stereocenters. The molecule has 2 aromatic rings. The Morgan fingerprint density at radius 1 is 0.963 bits per heavy atom. The van der Waals surface area contributed by atoms with Crippen molar-refractivity contribution >= 4 is 11.6 Å². The largest absolute Gasteiger partial charge is 0.378 e. The minimum Gasteiger partial charge on any atom is -0.378 e. The Morgan fingerprint density at radius 2 is 1.70 bits per heavy atom. The lowest BCUT2D eigenvalue weighted by molar-refractivity contribution is 0.0632. The van der Waals surface area contributed by atoms with Crippen molar-refractivity contribution in [3.63, 3.8) is 0 Å². The van der Waals surface area contributed by atoms with Crippen LogP contribution in [0.5, 0.6) is 0 Å². The molecule has 0 unspecified atom stereocenters. The molecule has 2 aliphatic heterocycles. The van der Waals surface area contributed by atoms with Gasteiger partial charge in [-0.15, -0.1) is 0 Å². The van der Waals surface area contributed by atoms with Crippen molar-refractivity contribution in [1.82, 2.24) is 24.6 Å². The first-order valence-electron chi connectivity index (χ1n) is 9.56. The zero-order chi connectivity index (χ0) is 18.5. The van der Waals surface area contributed by atoms with E-state index in [1.807, 2.05) is 33.8 Å². The summed E-state index contributed by atoms with van der Waals surface area (Å²) in [5.41, 5.74) is 1.93. The van der Waals surface area contributed by atoms with E-state index >= 15 is 0 Å². The van der Waals surface area contributed by atoms with Gasteiger partial charge in [0, 0.05) is 57.1 Å². The van der Waals surface area contributed by atoms with Gasteiger partial charge in [0.1, 0.15) is 12.7 Å². The highest BCUT2D eigenvalue weighted by atomic mass is 16.5. The zero-order valence-corrected chi connectivity index (χ0v) is 15.5. The maximum Gasteiger partial charge on any atom is 0.253 e. The van der Waals surface area contributed by atoms with E-state index in [2.05, 4.69) is 19.9 Å². The number of piperazine rings is 1. The van der Waals surface area contributed by atoms with Crippen LogP contribution >= 0.6 is 0 Å². The van der Waals surface area contributed by atoms with Crippen molar-refractivity contribution < 1.29 is 9.53 Å². The van der Waals surface area contributed by atoms with E-state index in [0.717, 1.165) is 76.8 Å². The van der Waals surface area contributed by atoms with E-state index in [1.54, 1.807) is 12.7 Å². The van der Waals surface area contributed by atoms with E-state index in [-0.39, 0.29) is 5.91 Å². The summed E-state index contributed by atoms with van der Waals surface area (Å²) in [5, 5.41) is 4.13. The third kappa shape index (κ3) is 4.45. The third-order valence-electron chi connectivity index (χ3n) is 5.26. The van der Waals surface area contributed by atoms with Gasteiger partial charge in [0.25, 0.3) is 5.91 Å². The fourth-order valence-corrected chi connectivity index (χ4v) is 3.59. The highest BCUT2D eigenvalue weighted by molar-refractivity contribution is 5.94. The number of hydrogen-bond donors (Lipinski definition) is 0. The van der Waals surface area contributed by atoms with Crippen LogP contribution in [-0.4, -0.2) is 89.5 Å². The molecule has 2 fully saturated rings. The molecular weight excluding hydrogens is 344 g/mol. The first kappa shape index (κ1) is 17.9. The fourth-order valence-electron chi connectivity index (χ4n) is 3.59. The van der Waals surface area contributed by atoms with Gasteiger partial charge in [-0.05, 0) is 24.3 Å². The van der Waals surface area contributed by atoms with Gasteiger partial charge >= 0.3 is 0 Å². The minimum atomic E-state index is 0.124. The maximum atomic E-state index is 12.8. The average Bonchev–Trinajstić information content (AvgIpc) is 3.27. The molecule has 144 valence electrons. The van der Waals surface area contributed by atoms with Crippen LogP contribution in [0.25, 0.3) is 0 Å². The van der Waals surface area contributed by atoms with E-state index in [9.17, 15) is 4.79 Å². The Labute approximate surface area is 159 Å². The first-order valence-corrected chi connectivity index (χ1v) is 9.56. The van der Waals surface area contributed by atoms with Gasteiger partial charge in [0.15, 0.2) is 0 Å². The molecule has 0 N–H and O–H groups in total. The zero-order valence-electron chi connectivity index (χ0n) is 15.5. The molecule has 0 aliphatic carbocycles. The molecule has 0 saturated carbocycles. The second-order valence-electron chi connectivity index (χ2n) is 6.94.